The van der Waals surface area contributed by atoms with E-state index in [2.05, 4.69) is 10.3 Å². The lowest BCUT2D eigenvalue weighted by Crippen LogP contribution is -2.27. The van der Waals surface area contributed by atoms with Gasteiger partial charge in [-0.2, -0.15) is 0 Å². The molecule has 0 aliphatic heterocycles. The van der Waals surface area contributed by atoms with Crippen LogP contribution in [0.15, 0.2) is 42.7 Å². The van der Waals surface area contributed by atoms with Crippen molar-refractivity contribution in [2.45, 2.75) is 13.0 Å². The molecule has 0 radical (unpaired) electrons. The number of nitrogens with one attached hydrogen (secondary N) is 1. The molecule has 0 saturated heterocycles. The molecule has 1 heterocycles. The van der Waals surface area contributed by atoms with E-state index in [1.165, 1.54) is 12.1 Å². The van der Waals surface area contributed by atoms with E-state index in [4.69, 9.17) is 5.11 Å². The molecule has 5 heteroatoms. The van der Waals surface area contributed by atoms with E-state index >= 15 is 0 Å². The third kappa shape index (κ3) is 3.07. The van der Waals surface area contributed by atoms with Crippen LogP contribution in [-0.4, -0.2) is 16.0 Å². The largest absolute Gasteiger partial charge is 0.508 e. The predicted octanol–water partition coefficient (Wildman–Crippen LogP) is 2.42. The summed E-state index contributed by atoms with van der Waals surface area (Å²) in [7, 11) is 0. The molecule has 1 aromatic heterocycles. The molecule has 1 atom stereocenters. The van der Waals surface area contributed by atoms with Crippen molar-refractivity contribution in [3.8, 4) is 5.75 Å². The number of amides is 1. The highest BCUT2D eigenvalue weighted by molar-refractivity contribution is 5.94. The minimum atomic E-state index is -0.754. The molecule has 1 amide bonds. The molecular weight excluding hydrogens is 247 g/mol. The van der Waals surface area contributed by atoms with E-state index in [0.717, 1.165) is 11.6 Å². The highest BCUT2D eigenvalue weighted by Crippen LogP contribution is 2.16. The number of benzene rings is 1. The second-order valence-corrected chi connectivity index (χ2v) is 4.15. The van der Waals surface area contributed by atoms with Crippen molar-refractivity contribution >= 4 is 5.91 Å². The summed E-state index contributed by atoms with van der Waals surface area (Å²) in [6.07, 6.45) is 3.27. The number of aromatic hydroxyl groups is 1. The lowest BCUT2D eigenvalue weighted by molar-refractivity contribution is 0.0936. The lowest BCUT2D eigenvalue weighted by Gasteiger charge is -2.14. The molecule has 1 unspecified atom stereocenters. The second-order valence-electron chi connectivity index (χ2n) is 4.15. The molecule has 2 aromatic rings. The number of aromatic nitrogens is 1. The summed E-state index contributed by atoms with van der Waals surface area (Å²) in [5, 5.41) is 11.8. The van der Waals surface area contributed by atoms with Gasteiger partial charge in [-0.1, -0.05) is 6.07 Å². The fraction of sp³-hybridized carbons (Fsp3) is 0.143. The van der Waals surface area contributed by atoms with Gasteiger partial charge in [-0.05, 0) is 30.7 Å². The molecule has 0 fully saturated rings. The van der Waals surface area contributed by atoms with Crippen LogP contribution in [0.5, 0.6) is 5.75 Å². The number of pyridine rings is 1. The fourth-order valence-electron chi connectivity index (χ4n) is 1.68. The first-order valence-corrected chi connectivity index (χ1v) is 5.77. The number of rotatable bonds is 3. The summed E-state index contributed by atoms with van der Waals surface area (Å²) in [5.74, 6) is -1.50. The van der Waals surface area contributed by atoms with Crippen LogP contribution < -0.4 is 5.32 Å². The third-order valence-corrected chi connectivity index (χ3v) is 2.73. The zero-order chi connectivity index (χ0) is 13.8. The van der Waals surface area contributed by atoms with Gasteiger partial charge >= 0.3 is 0 Å². The monoisotopic (exact) mass is 260 g/mol. The van der Waals surface area contributed by atoms with Crippen molar-refractivity contribution in [1.29, 1.82) is 0 Å². The molecular formula is C14H13FN2O2. The van der Waals surface area contributed by atoms with Crippen molar-refractivity contribution in [3.63, 3.8) is 0 Å². The van der Waals surface area contributed by atoms with Crippen molar-refractivity contribution in [1.82, 2.24) is 10.3 Å². The molecule has 0 saturated carbocycles. The maximum absolute atomic E-state index is 13.5. The van der Waals surface area contributed by atoms with Crippen molar-refractivity contribution in [2.24, 2.45) is 0 Å². The first-order valence-electron chi connectivity index (χ1n) is 5.77. The van der Waals surface area contributed by atoms with Crippen LogP contribution in [0.2, 0.25) is 0 Å². The van der Waals surface area contributed by atoms with Crippen LogP contribution in [0.25, 0.3) is 0 Å². The van der Waals surface area contributed by atoms with Gasteiger partial charge in [0.25, 0.3) is 5.91 Å². The number of hydrogen-bond donors (Lipinski definition) is 2. The summed E-state index contributed by atoms with van der Waals surface area (Å²) in [6, 6.07) is 6.73. The Morgan fingerprint density at radius 1 is 1.42 bits per heavy atom. The van der Waals surface area contributed by atoms with Gasteiger partial charge in [0.1, 0.15) is 11.6 Å². The highest BCUT2D eigenvalue weighted by Gasteiger charge is 2.15. The number of phenolic OH excluding ortho intramolecular Hbond substituents is 1. The molecule has 0 bridgehead atoms. The van der Waals surface area contributed by atoms with Crippen LogP contribution in [-0.2, 0) is 0 Å². The van der Waals surface area contributed by atoms with Crippen LogP contribution in [0, 0.1) is 5.82 Å². The number of halogens is 1. The summed E-state index contributed by atoms with van der Waals surface area (Å²) in [6.45, 7) is 1.78. The van der Waals surface area contributed by atoms with Crippen LogP contribution in [0.4, 0.5) is 4.39 Å². The molecule has 19 heavy (non-hydrogen) atoms. The van der Waals surface area contributed by atoms with Crippen molar-refractivity contribution in [3.05, 3.63) is 59.7 Å². The summed E-state index contributed by atoms with van der Waals surface area (Å²) < 4.78 is 13.5. The summed E-state index contributed by atoms with van der Waals surface area (Å²) in [4.78, 5) is 15.9. The van der Waals surface area contributed by atoms with E-state index in [1.54, 1.807) is 25.4 Å². The van der Waals surface area contributed by atoms with E-state index in [-0.39, 0.29) is 17.4 Å². The molecule has 0 spiro atoms. The number of phenols is 1. The Labute approximate surface area is 109 Å². The van der Waals surface area contributed by atoms with Crippen LogP contribution in [0.1, 0.15) is 28.9 Å². The Balaban J connectivity index is 2.13. The van der Waals surface area contributed by atoms with Crippen LogP contribution in [0.3, 0.4) is 0 Å². The van der Waals surface area contributed by atoms with Gasteiger partial charge in [-0.15, -0.1) is 0 Å². The Kier molecular flexibility index (Phi) is 3.75. The van der Waals surface area contributed by atoms with Gasteiger partial charge in [0, 0.05) is 18.5 Å². The highest BCUT2D eigenvalue weighted by atomic mass is 19.1. The van der Waals surface area contributed by atoms with Gasteiger partial charge in [-0.25, -0.2) is 4.39 Å². The lowest BCUT2D eigenvalue weighted by atomic mass is 10.1. The quantitative estimate of drug-likeness (QED) is 0.890. The fourth-order valence-corrected chi connectivity index (χ4v) is 1.68. The smallest absolute Gasteiger partial charge is 0.254 e. The van der Waals surface area contributed by atoms with E-state index in [9.17, 15) is 9.18 Å². The number of carbonyl (C=O) groups excluding carboxylic acids is 1. The van der Waals surface area contributed by atoms with E-state index in [0.29, 0.717) is 0 Å². The normalized spacial score (nSPS) is 11.9. The van der Waals surface area contributed by atoms with Gasteiger partial charge < -0.3 is 10.4 Å². The minimum absolute atomic E-state index is 0.103. The van der Waals surface area contributed by atoms with Crippen molar-refractivity contribution in [2.75, 3.05) is 0 Å². The first-order chi connectivity index (χ1) is 9.08. The number of nitrogens with zero attached hydrogens (tertiary/aromatic N) is 1. The van der Waals surface area contributed by atoms with Gasteiger partial charge in [-0.3, -0.25) is 9.78 Å². The maximum Gasteiger partial charge on any atom is 0.254 e. The molecule has 0 aliphatic carbocycles. The molecule has 4 nitrogen and oxygen atoms in total. The number of hydrogen-bond acceptors (Lipinski definition) is 3. The molecule has 1 aromatic carbocycles. The zero-order valence-electron chi connectivity index (χ0n) is 10.3. The van der Waals surface area contributed by atoms with Gasteiger partial charge in [0.05, 0.1) is 11.6 Å². The second kappa shape index (κ2) is 5.48. The number of carbonyl (C=O) groups is 1. The van der Waals surface area contributed by atoms with Crippen LogP contribution >= 0.6 is 0 Å². The Morgan fingerprint density at radius 3 is 2.84 bits per heavy atom. The average molecular weight is 260 g/mol. The summed E-state index contributed by atoms with van der Waals surface area (Å²) in [5.41, 5.74) is 0.726. The standard InChI is InChI=1S/C14H13FN2O2/c1-9(10-3-2-6-16-8-10)17-14(19)12-5-4-11(18)7-13(12)15/h2-9,18H,1H3,(H,17,19). The summed E-state index contributed by atoms with van der Waals surface area (Å²) >= 11 is 0. The van der Waals surface area contributed by atoms with Gasteiger partial charge in [0.2, 0.25) is 0 Å². The Bertz CT molecular complexity index is 587. The van der Waals surface area contributed by atoms with Crippen molar-refractivity contribution < 1.29 is 14.3 Å². The topological polar surface area (TPSA) is 62.2 Å². The predicted molar refractivity (Wildman–Crippen MR) is 68.2 cm³/mol. The molecule has 2 rings (SSSR count). The average Bonchev–Trinajstić information content (AvgIpc) is 2.39. The van der Waals surface area contributed by atoms with E-state index < -0.39 is 11.7 Å². The third-order valence-electron chi connectivity index (χ3n) is 2.73. The molecule has 2 N–H and O–H groups in total. The SMILES string of the molecule is CC(NC(=O)c1ccc(O)cc1F)c1cccnc1. The zero-order valence-corrected chi connectivity index (χ0v) is 10.3. The molecule has 0 aliphatic rings. The maximum atomic E-state index is 13.5. The Morgan fingerprint density at radius 2 is 2.21 bits per heavy atom. The van der Waals surface area contributed by atoms with Gasteiger partial charge in [0.15, 0.2) is 0 Å². The molecule has 98 valence electrons. The first kappa shape index (κ1) is 13.0. The minimum Gasteiger partial charge on any atom is -0.508 e. The van der Waals surface area contributed by atoms with E-state index in [1.807, 2.05) is 6.07 Å². The Hall–Kier alpha value is -2.43.